The van der Waals surface area contributed by atoms with E-state index in [1.54, 1.807) is 12.1 Å². The van der Waals surface area contributed by atoms with Crippen molar-refractivity contribution >= 4 is 33.3 Å². The molecule has 1 nitrogen and oxygen atoms in total. The molecule has 0 aliphatic heterocycles. The van der Waals surface area contributed by atoms with Crippen LogP contribution in [0.25, 0.3) is 0 Å². The van der Waals surface area contributed by atoms with E-state index in [9.17, 15) is 18.0 Å². The first-order chi connectivity index (χ1) is 7.79. The molecule has 0 N–H and O–H groups in total. The smallest absolute Gasteiger partial charge is 0.294 e. The van der Waals surface area contributed by atoms with Gasteiger partial charge in [0.2, 0.25) is 0 Å². The molecule has 1 aromatic carbocycles. The topological polar surface area (TPSA) is 17.1 Å². The zero-order valence-electron chi connectivity index (χ0n) is 8.65. The van der Waals surface area contributed by atoms with Crippen molar-refractivity contribution in [3.05, 3.63) is 33.3 Å². The Hall–Kier alpha value is -0.550. The molecule has 0 aliphatic carbocycles. The Labute approximate surface area is 110 Å². The Morgan fingerprint density at radius 3 is 2.53 bits per heavy atom. The minimum atomic E-state index is -4.22. The van der Waals surface area contributed by atoms with E-state index < -0.39 is 12.6 Å². The average molecular weight is 330 g/mol. The number of carbonyl (C=O) groups excluding carboxylic acids is 1. The summed E-state index contributed by atoms with van der Waals surface area (Å²) in [5, 5.41) is 0.247. The van der Waals surface area contributed by atoms with Gasteiger partial charge in [0.15, 0.2) is 5.78 Å². The Morgan fingerprint density at radius 1 is 1.35 bits per heavy atom. The van der Waals surface area contributed by atoms with Gasteiger partial charge in [-0.1, -0.05) is 27.5 Å². The molecule has 6 heteroatoms. The van der Waals surface area contributed by atoms with Crippen molar-refractivity contribution in [2.45, 2.75) is 25.4 Å². The van der Waals surface area contributed by atoms with Gasteiger partial charge in [-0.05, 0) is 24.6 Å². The van der Waals surface area contributed by atoms with Crippen LogP contribution in [-0.2, 0) is 0 Å². The summed E-state index contributed by atoms with van der Waals surface area (Å²) in [5.41, 5.74) is 0.261. The van der Waals surface area contributed by atoms with E-state index in [1.807, 2.05) is 0 Å². The second-order valence-corrected chi connectivity index (χ2v) is 4.84. The molecule has 0 bridgehead atoms. The number of ketones is 1. The van der Waals surface area contributed by atoms with E-state index in [0.717, 1.165) is 0 Å². The highest BCUT2D eigenvalue weighted by Crippen LogP contribution is 2.25. The quantitative estimate of drug-likeness (QED) is 0.709. The molecule has 1 rings (SSSR count). The van der Waals surface area contributed by atoms with Gasteiger partial charge in [-0.2, -0.15) is 13.2 Å². The van der Waals surface area contributed by atoms with Crippen molar-refractivity contribution in [2.24, 2.45) is 0 Å². The highest BCUT2D eigenvalue weighted by atomic mass is 79.9. The van der Waals surface area contributed by atoms with Crippen molar-refractivity contribution < 1.29 is 18.0 Å². The lowest BCUT2D eigenvalue weighted by Crippen LogP contribution is -2.08. The monoisotopic (exact) mass is 328 g/mol. The lowest BCUT2D eigenvalue weighted by atomic mass is 10.1. The Kier molecular flexibility index (Phi) is 5.01. The minimum absolute atomic E-state index is 0.152. The fraction of sp³-hybridized carbons (Fsp3) is 0.364. The summed E-state index contributed by atoms with van der Waals surface area (Å²) in [6.45, 7) is 0. The highest BCUT2D eigenvalue weighted by molar-refractivity contribution is 9.10. The average Bonchev–Trinajstić information content (AvgIpc) is 2.15. The molecule has 0 amide bonds. The molecule has 0 heterocycles. The third-order valence-corrected chi connectivity index (χ3v) is 2.90. The van der Waals surface area contributed by atoms with Crippen molar-refractivity contribution in [1.82, 2.24) is 0 Å². The zero-order chi connectivity index (χ0) is 13.1. The maximum Gasteiger partial charge on any atom is 0.389 e. The summed E-state index contributed by atoms with van der Waals surface area (Å²) < 4.78 is 36.4. The number of rotatable bonds is 4. The molecule has 0 fully saturated rings. The summed E-state index contributed by atoms with van der Waals surface area (Å²) in [6.07, 6.45) is -5.54. The van der Waals surface area contributed by atoms with Crippen LogP contribution in [0.5, 0.6) is 0 Å². The molecule has 0 unspecified atom stereocenters. The van der Waals surface area contributed by atoms with Gasteiger partial charge in [0.25, 0.3) is 0 Å². The van der Waals surface area contributed by atoms with Crippen LogP contribution in [0.3, 0.4) is 0 Å². The Bertz CT molecular complexity index is 418. The standard InChI is InChI=1S/C11H9BrClF3O/c12-7-3-4-8(9(13)6-7)10(17)2-1-5-11(14,15)16/h3-4,6H,1-2,5H2. The van der Waals surface area contributed by atoms with E-state index in [-0.39, 0.29) is 29.2 Å². The number of hydrogen-bond donors (Lipinski definition) is 0. The fourth-order valence-corrected chi connectivity index (χ4v) is 2.08. The molecular weight excluding hydrogens is 320 g/mol. The molecule has 0 aliphatic rings. The van der Waals surface area contributed by atoms with Crippen molar-refractivity contribution in [3.8, 4) is 0 Å². The second-order valence-electron chi connectivity index (χ2n) is 3.52. The normalized spacial score (nSPS) is 11.6. The molecule has 17 heavy (non-hydrogen) atoms. The largest absolute Gasteiger partial charge is 0.389 e. The van der Waals surface area contributed by atoms with Gasteiger partial charge in [0, 0.05) is 22.9 Å². The van der Waals surface area contributed by atoms with Crippen molar-refractivity contribution in [3.63, 3.8) is 0 Å². The van der Waals surface area contributed by atoms with Crippen LogP contribution in [0.15, 0.2) is 22.7 Å². The summed E-state index contributed by atoms with van der Waals surface area (Å²) in [7, 11) is 0. The number of benzene rings is 1. The molecule has 1 aromatic rings. The van der Waals surface area contributed by atoms with Gasteiger partial charge >= 0.3 is 6.18 Å². The minimum Gasteiger partial charge on any atom is -0.294 e. The van der Waals surface area contributed by atoms with Gasteiger partial charge in [-0.25, -0.2) is 0 Å². The van der Waals surface area contributed by atoms with E-state index in [4.69, 9.17) is 11.6 Å². The molecular formula is C11H9BrClF3O. The number of hydrogen-bond acceptors (Lipinski definition) is 1. The summed E-state index contributed by atoms with van der Waals surface area (Å²) in [6, 6.07) is 4.67. The van der Waals surface area contributed by atoms with Crippen molar-refractivity contribution in [2.75, 3.05) is 0 Å². The van der Waals surface area contributed by atoms with Crippen molar-refractivity contribution in [1.29, 1.82) is 0 Å². The molecule has 0 saturated heterocycles. The van der Waals surface area contributed by atoms with Crippen LogP contribution >= 0.6 is 27.5 Å². The fourth-order valence-electron chi connectivity index (χ4n) is 1.30. The van der Waals surface area contributed by atoms with Gasteiger partial charge < -0.3 is 0 Å². The summed E-state index contributed by atoms with van der Waals surface area (Å²) >= 11 is 9.00. The highest BCUT2D eigenvalue weighted by Gasteiger charge is 2.26. The van der Waals surface area contributed by atoms with Crippen LogP contribution in [0.4, 0.5) is 13.2 Å². The van der Waals surface area contributed by atoms with Crippen LogP contribution in [0, 0.1) is 0 Å². The van der Waals surface area contributed by atoms with Crippen LogP contribution in [-0.4, -0.2) is 12.0 Å². The predicted molar refractivity (Wildman–Crippen MR) is 63.4 cm³/mol. The lowest BCUT2D eigenvalue weighted by molar-refractivity contribution is -0.135. The van der Waals surface area contributed by atoms with Crippen LogP contribution < -0.4 is 0 Å². The zero-order valence-corrected chi connectivity index (χ0v) is 11.0. The third kappa shape index (κ3) is 5.08. The molecule has 0 atom stereocenters. The maximum absolute atomic E-state index is 11.9. The number of carbonyl (C=O) groups is 1. The predicted octanol–water partition coefficient (Wildman–Crippen LogP) is 5.02. The first kappa shape index (κ1) is 14.5. The second kappa shape index (κ2) is 5.87. The first-order valence-corrected chi connectivity index (χ1v) is 6.02. The third-order valence-electron chi connectivity index (χ3n) is 2.10. The van der Waals surface area contributed by atoms with Gasteiger partial charge in [0.05, 0.1) is 5.02 Å². The van der Waals surface area contributed by atoms with Gasteiger partial charge in [-0.3, -0.25) is 4.79 Å². The van der Waals surface area contributed by atoms with E-state index in [0.29, 0.717) is 4.47 Å². The van der Waals surface area contributed by atoms with E-state index in [1.165, 1.54) is 6.07 Å². The molecule has 0 aromatic heterocycles. The van der Waals surface area contributed by atoms with E-state index in [2.05, 4.69) is 15.9 Å². The van der Waals surface area contributed by atoms with Gasteiger partial charge in [-0.15, -0.1) is 0 Å². The number of alkyl halides is 3. The molecule has 0 radical (unpaired) electrons. The first-order valence-electron chi connectivity index (χ1n) is 4.84. The SMILES string of the molecule is O=C(CCCC(F)(F)F)c1ccc(Br)cc1Cl. The summed E-state index contributed by atoms with van der Waals surface area (Å²) in [4.78, 5) is 11.6. The van der Waals surface area contributed by atoms with Crippen LogP contribution in [0.2, 0.25) is 5.02 Å². The van der Waals surface area contributed by atoms with Gasteiger partial charge in [0.1, 0.15) is 0 Å². The van der Waals surface area contributed by atoms with Crippen LogP contribution in [0.1, 0.15) is 29.6 Å². The molecule has 0 spiro atoms. The number of halogens is 5. The maximum atomic E-state index is 11.9. The molecule has 0 saturated carbocycles. The summed E-state index contributed by atoms with van der Waals surface area (Å²) in [5.74, 6) is -0.369. The Morgan fingerprint density at radius 2 is 2.00 bits per heavy atom. The van der Waals surface area contributed by atoms with E-state index >= 15 is 0 Å². The number of Topliss-reactive ketones (excluding diaryl/α,β-unsaturated/α-hetero) is 1. The Balaban J connectivity index is 2.59. The molecule has 94 valence electrons. The lowest BCUT2D eigenvalue weighted by Gasteiger charge is -2.06.